The molecule has 0 spiro atoms. The van der Waals surface area contributed by atoms with Crippen LogP contribution in [0.25, 0.3) is 11.1 Å². The molecule has 3 rings (SSSR count). The number of benzene rings is 1. The Balaban J connectivity index is 0.000000945. The summed E-state index contributed by atoms with van der Waals surface area (Å²) >= 11 is 0. The molecule has 1 aliphatic rings. The second-order valence-electron chi connectivity index (χ2n) is 8.58. The van der Waals surface area contributed by atoms with E-state index in [9.17, 15) is 17.6 Å². The molecule has 188 valence electrons. The van der Waals surface area contributed by atoms with E-state index in [1.807, 2.05) is 0 Å². The van der Waals surface area contributed by atoms with Gasteiger partial charge in [-0.05, 0) is 49.8 Å². The van der Waals surface area contributed by atoms with Crippen LogP contribution in [0.3, 0.4) is 0 Å². The van der Waals surface area contributed by atoms with E-state index in [-0.39, 0.29) is 30.5 Å². The van der Waals surface area contributed by atoms with E-state index in [2.05, 4.69) is 0 Å². The molecule has 1 aromatic heterocycles. The molecule has 34 heavy (non-hydrogen) atoms. The van der Waals surface area contributed by atoms with Gasteiger partial charge in [-0.2, -0.15) is 0 Å². The fourth-order valence-electron chi connectivity index (χ4n) is 3.77. The van der Waals surface area contributed by atoms with E-state index in [0.29, 0.717) is 18.1 Å². The number of aryl methyl sites for hydroxylation is 1. The number of nitrogens with zero attached hydrogens (tertiary/aromatic N) is 1. The Bertz CT molecular complexity index is 1080. The molecular weight excluding hydrogens is 463 g/mol. The number of rotatable bonds is 9. The number of aromatic nitrogens is 1. The van der Waals surface area contributed by atoms with Gasteiger partial charge in [-0.3, -0.25) is 14.8 Å². The topological polar surface area (TPSA) is 115 Å². The average Bonchev–Trinajstić information content (AvgIpc) is 2.83. The van der Waals surface area contributed by atoms with E-state index >= 15 is 0 Å². The van der Waals surface area contributed by atoms with Crippen LogP contribution in [0, 0.1) is 11.7 Å². The zero-order valence-corrected chi connectivity index (χ0v) is 20.4. The molecule has 0 aliphatic heterocycles. The first-order valence-corrected chi connectivity index (χ1v) is 13.3. The van der Waals surface area contributed by atoms with Gasteiger partial charge in [0.05, 0.1) is 11.9 Å². The molecule has 2 aromatic rings. The summed E-state index contributed by atoms with van der Waals surface area (Å²) in [6.45, 7) is 2.44. The van der Waals surface area contributed by atoms with Crippen LogP contribution < -0.4 is 15.8 Å². The van der Waals surface area contributed by atoms with Crippen molar-refractivity contribution in [1.29, 1.82) is 0 Å². The number of hydrogen-bond acceptors (Lipinski definition) is 6. The number of halogens is 1. The van der Waals surface area contributed by atoms with Crippen molar-refractivity contribution in [2.45, 2.75) is 57.2 Å². The normalized spacial score (nSPS) is 15.1. The van der Waals surface area contributed by atoms with Gasteiger partial charge in [0.25, 0.3) is 5.56 Å². The van der Waals surface area contributed by atoms with E-state index in [1.54, 1.807) is 31.2 Å². The van der Waals surface area contributed by atoms with E-state index < -0.39 is 20.9 Å². The van der Waals surface area contributed by atoms with Crippen molar-refractivity contribution in [3.63, 3.8) is 0 Å². The highest BCUT2D eigenvalue weighted by Gasteiger charge is 2.16. The Morgan fingerprint density at radius 3 is 2.41 bits per heavy atom. The molecule has 1 fully saturated rings. The summed E-state index contributed by atoms with van der Waals surface area (Å²) in [7, 11) is -3.18. The van der Waals surface area contributed by atoms with Crippen molar-refractivity contribution in [3.8, 4) is 16.9 Å². The molecular formula is C24H33FN2O6S. The van der Waals surface area contributed by atoms with Crippen LogP contribution in [-0.4, -0.2) is 42.7 Å². The first-order valence-electron chi connectivity index (χ1n) is 11.3. The van der Waals surface area contributed by atoms with Crippen LogP contribution in [0.4, 0.5) is 4.39 Å². The Morgan fingerprint density at radius 2 is 1.85 bits per heavy atom. The highest BCUT2D eigenvalue weighted by molar-refractivity contribution is 7.91. The van der Waals surface area contributed by atoms with Gasteiger partial charge in [-0.25, -0.2) is 18.3 Å². The van der Waals surface area contributed by atoms with Crippen molar-refractivity contribution >= 4 is 16.2 Å². The summed E-state index contributed by atoms with van der Waals surface area (Å²) < 4.78 is 44.8. The Labute approximate surface area is 199 Å². The van der Waals surface area contributed by atoms with Gasteiger partial charge in [-0.15, -0.1) is 0 Å². The number of amides is 1. The maximum Gasteiger partial charge on any atom is 0.251 e. The Morgan fingerprint density at radius 1 is 1.24 bits per heavy atom. The summed E-state index contributed by atoms with van der Waals surface area (Å²) in [5.41, 5.74) is 1.72. The summed E-state index contributed by atoms with van der Waals surface area (Å²) in [6.07, 6.45) is 9.02. The highest BCUT2D eigenvalue weighted by Crippen LogP contribution is 2.27. The van der Waals surface area contributed by atoms with Crippen LogP contribution in [0.2, 0.25) is 0 Å². The van der Waals surface area contributed by atoms with E-state index in [1.165, 1.54) is 48.2 Å². The summed E-state index contributed by atoms with van der Waals surface area (Å²) in [6, 6.07) is 8.38. The average molecular weight is 497 g/mol. The van der Waals surface area contributed by atoms with Crippen molar-refractivity contribution in [2.24, 2.45) is 5.92 Å². The van der Waals surface area contributed by atoms with Gasteiger partial charge in [0, 0.05) is 30.6 Å². The number of nitrogens with one attached hydrogen (secondary N) is 1. The number of sulfone groups is 1. The highest BCUT2D eigenvalue weighted by atomic mass is 32.2. The van der Waals surface area contributed by atoms with Crippen LogP contribution >= 0.6 is 0 Å². The first kappa shape index (κ1) is 27.5. The smallest absolute Gasteiger partial charge is 0.251 e. The number of hydroxylamine groups is 1. The van der Waals surface area contributed by atoms with Crippen molar-refractivity contribution in [1.82, 2.24) is 10.0 Å². The van der Waals surface area contributed by atoms with Gasteiger partial charge in [0.2, 0.25) is 6.41 Å². The maximum absolute atomic E-state index is 14.7. The molecule has 10 heteroatoms. The molecule has 0 saturated heterocycles. The SMILES string of the molecule is CC(CCn1cc(F)c(-c2ccc(OCC3CCCCC3)cc2)cc1=O)S(C)(=O)=O.O=CNO. The summed E-state index contributed by atoms with van der Waals surface area (Å²) in [5, 5.41) is 6.67. The predicted octanol–water partition coefficient (Wildman–Crippen LogP) is 3.56. The third-order valence-electron chi connectivity index (χ3n) is 6.01. The molecule has 8 nitrogen and oxygen atoms in total. The van der Waals surface area contributed by atoms with Crippen LogP contribution in [0.15, 0.2) is 41.3 Å². The first-order chi connectivity index (χ1) is 16.2. The number of pyridine rings is 1. The predicted molar refractivity (Wildman–Crippen MR) is 128 cm³/mol. The Kier molecular flexibility index (Phi) is 10.7. The zero-order chi connectivity index (χ0) is 25.1. The minimum atomic E-state index is -3.18. The minimum Gasteiger partial charge on any atom is -0.493 e. The fourth-order valence-corrected chi connectivity index (χ4v) is 4.31. The van der Waals surface area contributed by atoms with Crippen molar-refractivity contribution in [2.75, 3.05) is 12.9 Å². The molecule has 1 aromatic carbocycles. The molecule has 0 radical (unpaired) electrons. The summed E-state index contributed by atoms with van der Waals surface area (Å²) in [4.78, 5) is 21.2. The van der Waals surface area contributed by atoms with Gasteiger partial charge >= 0.3 is 0 Å². The van der Waals surface area contributed by atoms with Crippen molar-refractivity contribution in [3.05, 3.63) is 52.7 Å². The fraction of sp³-hybridized carbons (Fsp3) is 0.500. The lowest BCUT2D eigenvalue weighted by atomic mass is 9.90. The van der Waals surface area contributed by atoms with Gasteiger partial charge in [0.1, 0.15) is 21.4 Å². The van der Waals surface area contributed by atoms with Gasteiger partial charge in [-0.1, -0.05) is 31.4 Å². The molecule has 0 bridgehead atoms. The Hall–Kier alpha value is -2.72. The number of carbonyl (C=O) groups is 1. The molecule has 1 unspecified atom stereocenters. The molecule has 1 atom stereocenters. The number of hydrogen-bond donors (Lipinski definition) is 2. The molecule has 1 heterocycles. The lowest BCUT2D eigenvalue weighted by molar-refractivity contribution is -0.116. The van der Waals surface area contributed by atoms with Crippen LogP contribution in [-0.2, 0) is 21.2 Å². The van der Waals surface area contributed by atoms with E-state index in [4.69, 9.17) is 14.7 Å². The molecule has 2 N–H and O–H groups in total. The van der Waals surface area contributed by atoms with E-state index in [0.717, 1.165) is 18.2 Å². The molecule has 1 saturated carbocycles. The largest absolute Gasteiger partial charge is 0.493 e. The second kappa shape index (κ2) is 13.2. The lowest BCUT2D eigenvalue weighted by Gasteiger charge is -2.21. The van der Waals surface area contributed by atoms with Crippen LogP contribution in [0.1, 0.15) is 45.4 Å². The quantitative estimate of drug-likeness (QED) is 0.312. The second-order valence-corrected chi connectivity index (χ2v) is 11.0. The maximum atomic E-state index is 14.7. The van der Waals surface area contributed by atoms with Gasteiger partial charge < -0.3 is 9.30 Å². The molecule has 1 amide bonds. The van der Waals surface area contributed by atoms with Crippen molar-refractivity contribution < 1.29 is 27.5 Å². The lowest BCUT2D eigenvalue weighted by Crippen LogP contribution is -2.24. The molecule has 1 aliphatic carbocycles. The minimum absolute atomic E-state index is 0.151. The zero-order valence-electron chi connectivity index (χ0n) is 19.6. The third-order valence-corrected chi connectivity index (χ3v) is 7.71. The number of ether oxygens (including phenoxy) is 1. The summed E-state index contributed by atoms with van der Waals surface area (Å²) in [5.74, 6) is 0.833. The van der Waals surface area contributed by atoms with Gasteiger partial charge in [0.15, 0.2) is 0 Å². The third kappa shape index (κ3) is 8.57. The monoisotopic (exact) mass is 496 g/mol. The number of carbonyl (C=O) groups excluding carboxylic acids is 1. The standard InChI is InChI=1S/C23H30FNO4S.CH3NO2/c1-17(30(2,27)28)12-13-25-15-22(24)21(14-23(25)26)19-8-10-20(11-9-19)29-16-18-6-4-3-5-7-18;3-1-2-4/h8-11,14-15,17-18H,3-7,12-13,16H2,1-2H3;1,4H,(H,2,3). The van der Waals surface area contributed by atoms with Crippen LogP contribution in [0.5, 0.6) is 5.75 Å².